The molecule has 1 aliphatic rings. The van der Waals surface area contributed by atoms with Crippen LogP contribution in [0, 0.1) is 0 Å². The molecule has 3 aromatic rings. The first kappa shape index (κ1) is 20.2. The molecule has 4 rings (SSSR count). The van der Waals surface area contributed by atoms with E-state index in [1.807, 2.05) is 65.6 Å². The third-order valence-corrected chi connectivity index (χ3v) is 5.35. The predicted molar refractivity (Wildman–Crippen MR) is 117 cm³/mol. The summed E-state index contributed by atoms with van der Waals surface area (Å²) >= 11 is 6.53. The van der Waals surface area contributed by atoms with E-state index in [-0.39, 0.29) is 29.7 Å². The Morgan fingerprint density at radius 2 is 1.63 bits per heavy atom. The second-order valence-corrected chi connectivity index (χ2v) is 7.53. The summed E-state index contributed by atoms with van der Waals surface area (Å²) < 4.78 is 6.79. The number of halogens is 1. The van der Waals surface area contributed by atoms with Crippen molar-refractivity contribution in [1.82, 2.24) is 9.55 Å². The van der Waals surface area contributed by atoms with Crippen molar-refractivity contribution in [3.63, 3.8) is 0 Å². The zero-order valence-electron chi connectivity index (χ0n) is 16.5. The van der Waals surface area contributed by atoms with Gasteiger partial charge in [-0.1, -0.05) is 72.3 Å². The smallest absolute Gasteiger partial charge is 0.326 e. The van der Waals surface area contributed by atoms with Crippen LogP contribution in [0.15, 0.2) is 65.5 Å². The van der Waals surface area contributed by atoms with Crippen molar-refractivity contribution >= 4 is 23.4 Å². The molecule has 0 amide bonds. The van der Waals surface area contributed by atoms with Gasteiger partial charge in [-0.15, -0.1) is 0 Å². The minimum Gasteiger partial charge on any atom is -0.459 e. The molecular formula is C23H22ClN3O3. The van der Waals surface area contributed by atoms with Crippen LogP contribution in [0.4, 0.5) is 5.82 Å². The van der Waals surface area contributed by atoms with Crippen LogP contribution in [0.1, 0.15) is 18.4 Å². The molecule has 0 unspecified atom stereocenters. The highest BCUT2D eigenvalue weighted by atomic mass is 35.5. The summed E-state index contributed by atoms with van der Waals surface area (Å²) in [4.78, 5) is 32.2. The minimum absolute atomic E-state index is 0.146. The highest BCUT2D eigenvalue weighted by Gasteiger charge is 2.24. The molecule has 0 spiro atoms. The van der Waals surface area contributed by atoms with Gasteiger partial charge in [-0.2, -0.15) is 0 Å². The van der Waals surface area contributed by atoms with Crippen molar-refractivity contribution < 1.29 is 9.53 Å². The summed E-state index contributed by atoms with van der Waals surface area (Å²) in [6.07, 6.45) is 2.00. The van der Waals surface area contributed by atoms with E-state index in [1.54, 1.807) is 0 Å². The monoisotopic (exact) mass is 423 g/mol. The van der Waals surface area contributed by atoms with Crippen LogP contribution in [-0.4, -0.2) is 28.6 Å². The van der Waals surface area contributed by atoms with Gasteiger partial charge < -0.3 is 9.64 Å². The molecular weight excluding hydrogens is 402 g/mol. The Balaban J connectivity index is 1.68. The van der Waals surface area contributed by atoms with Crippen LogP contribution in [-0.2, 0) is 22.7 Å². The molecule has 0 saturated carbocycles. The maximum atomic E-state index is 13.3. The van der Waals surface area contributed by atoms with Crippen LogP contribution < -0.4 is 10.5 Å². The number of anilines is 1. The first-order valence-electron chi connectivity index (χ1n) is 9.94. The van der Waals surface area contributed by atoms with Gasteiger partial charge in [0.2, 0.25) is 0 Å². The van der Waals surface area contributed by atoms with E-state index < -0.39 is 5.97 Å². The van der Waals surface area contributed by atoms with Gasteiger partial charge in [0.25, 0.3) is 5.56 Å². The van der Waals surface area contributed by atoms with Crippen molar-refractivity contribution in [1.29, 1.82) is 0 Å². The number of esters is 1. The van der Waals surface area contributed by atoms with Gasteiger partial charge in [0.15, 0.2) is 11.0 Å². The summed E-state index contributed by atoms with van der Waals surface area (Å²) in [5.41, 5.74) is 1.68. The third-order valence-electron chi connectivity index (χ3n) is 5.09. The summed E-state index contributed by atoms with van der Waals surface area (Å²) in [5.74, 6) is -0.221. The topological polar surface area (TPSA) is 64.4 Å². The normalized spacial score (nSPS) is 13.4. The highest BCUT2D eigenvalue weighted by molar-refractivity contribution is 6.32. The SMILES string of the molecule is O=C(Cn1c(-c2ccccc2)c(Cl)nc(N2CCCC2)c1=O)OCc1ccccc1. The lowest BCUT2D eigenvalue weighted by atomic mass is 10.1. The van der Waals surface area contributed by atoms with Gasteiger partial charge in [0.1, 0.15) is 13.2 Å². The van der Waals surface area contributed by atoms with Crippen LogP contribution in [0.25, 0.3) is 11.3 Å². The molecule has 1 fully saturated rings. The number of ether oxygens (including phenoxy) is 1. The van der Waals surface area contributed by atoms with Gasteiger partial charge in [-0.05, 0) is 18.4 Å². The number of hydrogen-bond acceptors (Lipinski definition) is 5. The predicted octanol–water partition coefficient (Wildman–Crippen LogP) is 3.91. The molecule has 0 N–H and O–H groups in total. The van der Waals surface area contributed by atoms with E-state index in [0.717, 1.165) is 37.1 Å². The fourth-order valence-electron chi connectivity index (χ4n) is 3.60. The van der Waals surface area contributed by atoms with Crippen LogP contribution >= 0.6 is 11.6 Å². The van der Waals surface area contributed by atoms with Crippen molar-refractivity contribution in [2.24, 2.45) is 0 Å². The summed E-state index contributed by atoms with van der Waals surface area (Å²) in [7, 11) is 0. The van der Waals surface area contributed by atoms with E-state index >= 15 is 0 Å². The Labute approximate surface area is 179 Å². The molecule has 6 nitrogen and oxygen atoms in total. The summed E-state index contributed by atoms with van der Waals surface area (Å²) in [6.45, 7) is 1.41. The average Bonchev–Trinajstić information content (AvgIpc) is 3.31. The Morgan fingerprint density at radius 3 is 2.30 bits per heavy atom. The van der Waals surface area contributed by atoms with E-state index in [1.165, 1.54) is 4.57 Å². The fraction of sp³-hybridized carbons (Fsp3) is 0.261. The molecule has 2 heterocycles. The van der Waals surface area contributed by atoms with Gasteiger partial charge in [-0.3, -0.25) is 14.2 Å². The Morgan fingerprint density at radius 1 is 1.00 bits per heavy atom. The Hall–Kier alpha value is -3.12. The number of nitrogens with zero attached hydrogens (tertiary/aromatic N) is 3. The van der Waals surface area contributed by atoms with Gasteiger partial charge >= 0.3 is 5.97 Å². The van der Waals surface area contributed by atoms with E-state index in [0.29, 0.717) is 5.69 Å². The molecule has 7 heteroatoms. The first-order valence-corrected chi connectivity index (χ1v) is 10.3. The maximum Gasteiger partial charge on any atom is 0.326 e. The highest BCUT2D eigenvalue weighted by Crippen LogP contribution is 2.27. The third kappa shape index (κ3) is 4.39. The molecule has 0 radical (unpaired) electrons. The number of rotatable bonds is 6. The summed E-state index contributed by atoms with van der Waals surface area (Å²) in [6, 6.07) is 18.7. The molecule has 154 valence electrons. The number of hydrogen-bond donors (Lipinski definition) is 0. The van der Waals surface area contributed by atoms with E-state index in [2.05, 4.69) is 4.98 Å². The number of benzene rings is 2. The van der Waals surface area contributed by atoms with Crippen molar-refractivity contribution in [3.8, 4) is 11.3 Å². The van der Waals surface area contributed by atoms with Crippen LogP contribution in [0.2, 0.25) is 5.15 Å². The molecule has 2 aromatic carbocycles. The zero-order chi connectivity index (χ0) is 20.9. The van der Waals surface area contributed by atoms with Gasteiger partial charge in [0.05, 0.1) is 5.69 Å². The van der Waals surface area contributed by atoms with Crippen LogP contribution in [0.3, 0.4) is 0 Å². The Bertz CT molecular complexity index is 1080. The molecule has 1 aromatic heterocycles. The second-order valence-electron chi connectivity index (χ2n) is 7.17. The molecule has 1 saturated heterocycles. The van der Waals surface area contributed by atoms with Gasteiger partial charge in [-0.25, -0.2) is 4.98 Å². The lowest BCUT2D eigenvalue weighted by molar-refractivity contribution is -0.145. The number of carbonyl (C=O) groups is 1. The molecule has 0 aliphatic carbocycles. The quantitative estimate of drug-likeness (QED) is 0.562. The zero-order valence-corrected chi connectivity index (χ0v) is 17.2. The van der Waals surface area contributed by atoms with Gasteiger partial charge in [0, 0.05) is 18.7 Å². The largest absolute Gasteiger partial charge is 0.459 e. The van der Waals surface area contributed by atoms with Crippen molar-refractivity contribution in [2.45, 2.75) is 26.0 Å². The lowest BCUT2D eigenvalue weighted by Gasteiger charge is -2.20. The fourth-order valence-corrected chi connectivity index (χ4v) is 3.89. The van der Waals surface area contributed by atoms with Crippen molar-refractivity contribution in [2.75, 3.05) is 18.0 Å². The number of carbonyl (C=O) groups excluding carboxylic acids is 1. The molecule has 0 atom stereocenters. The average molecular weight is 424 g/mol. The van der Waals surface area contributed by atoms with E-state index in [9.17, 15) is 9.59 Å². The molecule has 30 heavy (non-hydrogen) atoms. The first-order chi connectivity index (χ1) is 14.6. The molecule has 1 aliphatic heterocycles. The van der Waals surface area contributed by atoms with E-state index in [4.69, 9.17) is 16.3 Å². The Kier molecular flexibility index (Phi) is 6.14. The summed E-state index contributed by atoms with van der Waals surface area (Å²) in [5, 5.41) is 0.193. The molecule has 0 bridgehead atoms. The number of aromatic nitrogens is 2. The second kappa shape index (κ2) is 9.13. The standard InChI is InChI=1S/C23H22ClN3O3/c24-21-20(18-11-5-2-6-12-18)27(23(29)22(25-21)26-13-7-8-14-26)15-19(28)30-16-17-9-3-1-4-10-17/h1-6,9-12H,7-8,13-16H2. The minimum atomic E-state index is -0.507. The maximum absolute atomic E-state index is 13.3. The lowest BCUT2D eigenvalue weighted by Crippen LogP contribution is -2.34. The van der Waals surface area contributed by atoms with Crippen molar-refractivity contribution in [3.05, 3.63) is 81.7 Å². The van der Waals surface area contributed by atoms with Crippen LogP contribution in [0.5, 0.6) is 0 Å².